The average molecular weight is 609 g/mol. The van der Waals surface area contributed by atoms with E-state index in [0.29, 0.717) is 35.5 Å². The normalized spacial score (nSPS) is 11.3. The number of aryl methyl sites for hydroxylation is 2. The smallest absolute Gasteiger partial charge is 0.311 e. The molecule has 0 aliphatic carbocycles. The van der Waals surface area contributed by atoms with Gasteiger partial charge in [-0.25, -0.2) is 0 Å². The van der Waals surface area contributed by atoms with Crippen LogP contribution in [0.5, 0.6) is 11.5 Å². The molecular weight excluding hydrogens is 572 g/mol. The molecular formula is C40H36N2O4. The van der Waals surface area contributed by atoms with Gasteiger partial charge in [-0.2, -0.15) is 10.5 Å². The van der Waals surface area contributed by atoms with Crippen LogP contribution in [-0.4, -0.2) is 11.9 Å². The molecule has 0 unspecified atom stereocenters. The van der Waals surface area contributed by atoms with Gasteiger partial charge < -0.3 is 9.47 Å². The summed E-state index contributed by atoms with van der Waals surface area (Å²) >= 11 is 0. The molecule has 0 heterocycles. The van der Waals surface area contributed by atoms with Crippen LogP contribution in [0.15, 0.2) is 97.1 Å². The molecule has 0 aromatic heterocycles. The van der Waals surface area contributed by atoms with Crippen molar-refractivity contribution in [3.8, 4) is 23.6 Å². The quantitative estimate of drug-likeness (QED) is 0.0493. The summed E-state index contributed by atoms with van der Waals surface area (Å²) in [5, 5.41) is 19.1. The van der Waals surface area contributed by atoms with Crippen molar-refractivity contribution in [2.24, 2.45) is 0 Å². The lowest BCUT2D eigenvalue weighted by Gasteiger charge is -2.06. The monoisotopic (exact) mass is 608 g/mol. The molecule has 0 aliphatic heterocycles. The fourth-order valence-corrected chi connectivity index (χ4v) is 4.68. The van der Waals surface area contributed by atoms with Crippen molar-refractivity contribution >= 4 is 35.2 Å². The number of nitriles is 2. The Balaban J connectivity index is 1.13. The third-order valence-electron chi connectivity index (χ3n) is 7.32. The van der Waals surface area contributed by atoms with Gasteiger partial charge >= 0.3 is 11.9 Å². The zero-order valence-corrected chi connectivity index (χ0v) is 26.2. The molecule has 0 fully saturated rings. The third-order valence-corrected chi connectivity index (χ3v) is 7.32. The number of ether oxygens (including phenoxy) is 2. The molecule has 0 amide bonds. The zero-order valence-electron chi connectivity index (χ0n) is 26.2. The van der Waals surface area contributed by atoms with Gasteiger partial charge in [0, 0.05) is 12.8 Å². The number of nitrogens with zero attached hydrogens (tertiary/aromatic N) is 2. The van der Waals surface area contributed by atoms with Crippen LogP contribution in [0.4, 0.5) is 0 Å². The number of esters is 2. The van der Waals surface area contributed by atoms with Gasteiger partial charge in [-0.1, -0.05) is 96.8 Å². The number of carbonyl (C=O) groups excluding carboxylic acids is 2. The summed E-state index contributed by atoms with van der Waals surface area (Å²) < 4.78 is 10.9. The first-order chi connectivity index (χ1) is 22.3. The van der Waals surface area contributed by atoms with Gasteiger partial charge in [-0.15, -0.1) is 0 Å². The van der Waals surface area contributed by atoms with Crippen LogP contribution in [-0.2, 0) is 9.59 Å². The number of unbranched alkanes of at least 4 members (excludes halogenated alkanes) is 3. The summed E-state index contributed by atoms with van der Waals surface area (Å²) in [5.74, 6) is 0.303. The van der Waals surface area contributed by atoms with Gasteiger partial charge in [0.25, 0.3) is 0 Å². The van der Waals surface area contributed by atoms with Crippen molar-refractivity contribution in [3.05, 3.63) is 130 Å². The van der Waals surface area contributed by atoms with E-state index in [1.54, 1.807) is 36.4 Å². The fraction of sp³-hybridized carbons (Fsp3) is 0.200. The van der Waals surface area contributed by atoms with Crippen LogP contribution in [0.25, 0.3) is 23.3 Å². The van der Waals surface area contributed by atoms with Crippen LogP contribution in [0.3, 0.4) is 0 Å². The number of hydrogen-bond donors (Lipinski definition) is 0. The Hall–Kier alpha value is -5.72. The molecule has 6 heteroatoms. The third kappa shape index (κ3) is 10.5. The van der Waals surface area contributed by atoms with Crippen molar-refractivity contribution in [2.45, 2.75) is 52.4 Å². The minimum atomic E-state index is -0.306. The largest absolute Gasteiger partial charge is 0.427 e. The van der Waals surface area contributed by atoms with Crippen molar-refractivity contribution < 1.29 is 19.1 Å². The van der Waals surface area contributed by atoms with Gasteiger partial charge in [0.05, 0.1) is 23.3 Å². The lowest BCUT2D eigenvalue weighted by molar-refractivity contribution is -0.135. The molecule has 0 N–H and O–H groups in total. The molecule has 0 bridgehead atoms. The number of rotatable bonds is 13. The van der Waals surface area contributed by atoms with E-state index in [4.69, 9.17) is 9.47 Å². The first-order valence-electron chi connectivity index (χ1n) is 15.3. The topological polar surface area (TPSA) is 100 Å². The summed E-state index contributed by atoms with van der Waals surface area (Å²) in [5.41, 5.74) is 6.77. The highest BCUT2D eigenvalue weighted by atomic mass is 16.5. The maximum absolute atomic E-state index is 12.3. The predicted octanol–water partition coefficient (Wildman–Crippen LogP) is 9.28. The van der Waals surface area contributed by atoms with Crippen LogP contribution < -0.4 is 9.47 Å². The van der Waals surface area contributed by atoms with E-state index < -0.39 is 0 Å². The second kappa shape index (κ2) is 16.9. The molecule has 6 nitrogen and oxygen atoms in total. The van der Waals surface area contributed by atoms with E-state index in [2.05, 4.69) is 12.1 Å². The Morgan fingerprint density at radius 2 is 0.891 bits per heavy atom. The standard InChI is InChI=1S/C40H36N2O4/c1-29-9-17-33(18-10-29)35(27-41)25-31-13-21-37(22-14-31)45-39(43)7-5-3-4-6-8-40(44)46-38-23-15-32(16-24-38)26-36(28-42)34-19-11-30(2)12-20-34/h9-26H,3-8H2,1-2H3/b35-25-,36-26-. The van der Waals surface area contributed by atoms with E-state index >= 15 is 0 Å². The number of hydrogen-bond acceptors (Lipinski definition) is 6. The Kier molecular flexibility index (Phi) is 12.2. The van der Waals surface area contributed by atoms with Crippen LogP contribution in [0.1, 0.15) is 71.9 Å². The predicted molar refractivity (Wildman–Crippen MR) is 181 cm³/mol. The van der Waals surface area contributed by atoms with Crippen LogP contribution >= 0.6 is 0 Å². The number of allylic oxidation sites excluding steroid dienone is 2. The summed E-state index contributed by atoms with van der Waals surface area (Å²) in [6.07, 6.45) is 7.11. The van der Waals surface area contributed by atoms with Crippen molar-refractivity contribution in [1.29, 1.82) is 10.5 Å². The Morgan fingerprint density at radius 3 is 1.22 bits per heavy atom. The molecule has 46 heavy (non-hydrogen) atoms. The van der Waals surface area contributed by atoms with Crippen LogP contribution in [0, 0.1) is 36.5 Å². The molecule has 0 aliphatic rings. The molecule has 0 saturated heterocycles. The number of carbonyl (C=O) groups is 2. The van der Waals surface area contributed by atoms with E-state index in [-0.39, 0.29) is 24.8 Å². The first-order valence-corrected chi connectivity index (χ1v) is 15.3. The van der Waals surface area contributed by atoms with Gasteiger partial charge in [-0.05, 0) is 85.4 Å². The number of benzene rings is 4. The summed E-state index contributed by atoms with van der Waals surface area (Å²) in [4.78, 5) is 24.6. The molecule has 0 spiro atoms. The highest BCUT2D eigenvalue weighted by molar-refractivity contribution is 5.90. The average Bonchev–Trinajstić information content (AvgIpc) is 3.06. The van der Waals surface area contributed by atoms with Crippen molar-refractivity contribution in [3.63, 3.8) is 0 Å². The maximum atomic E-state index is 12.3. The van der Waals surface area contributed by atoms with E-state index in [1.165, 1.54) is 0 Å². The van der Waals surface area contributed by atoms with E-state index in [9.17, 15) is 20.1 Å². The van der Waals surface area contributed by atoms with Gasteiger partial charge in [0.2, 0.25) is 0 Å². The lowest BCUT2D eigenvalue weighted by Crippen LogP contribution is -2.08. The van der Waals surface area contributed by atoms with E-state index in [1.807, 2.05) is 86.6 Å². The fourth-order valence-electron chi connectivity index (χ4n) is 4.68. The first kappa shape index (κ1) is 33.2. The minimum Gasteiger partial charge on any atom is -0.427 e. The maximum Gasteiger partial charge on any atom is 0.311 e. The summed E-state index contributed by atoms with van der Waals surface area (Å²) in [6, 6.07) is 34.2. The highest BCUT2D eigenvalue weighted by Crippen LogP contribution is 2.22. The lowest BCUT2D eigenvalue weighted by atomic mass is 10.0. The van der Waals surface area contributed by atoms with Crippen molar-refractivity contribution in [2.75, 3.05) is 0 Å². The van der Waals surface area contributed by atoms with Crippen molar-refractivity contribution in [1.82, 2.24) is 0 Å². The Labute approximate surface area is 270 Å². The zero-order chi connectivity index (χ0) is 32.7. The van der Waals surface area contributed by atoms with Gasteiger partial charge in [-0.3, -0.25) is 9.59 Å². The summed E-state index contributed by atoms with van der Waals surface area (Å²) in [6.45, 7) is 4.00. The molecule has 4 rings (SSSR count). The molecule has 4 aromatic rings. The molecule has 0 radical (unpaired) electrons. The van der Waals surface area contributed by atoms with Gasteiger partial charge in [0.1, 0.15) is 11.5 Å². The molecule has 4 aromatic carbocycles. The molecule has 230 valence electrons. The highest BCUT2D eigenvalue weighted by Gasteiger charge is 2.08. The summed E-state index contributed by atoms with van der Waals surface area (Å²) in [7, 11) is 0. The molecule has 0 atom stereocenters. The second-order valence-electron chi connectivity index (χ2n) is 11.1. The SMILES string of the molecule is Cc1ccc(/C(C#N)=C\c2ccc(OC(=O)CCCCCCC(=O)Oc3ccc(/C=C(/C#N)c4ccc(C)cc4)cc3)cc2)cc1. The Morgan fingerprint density at radius 1 is 0.543 bits per heavy atom. The Bertz CT molecular complexity index is 1630. The van der Waals surface area contributed by atoms with Gasteiger partial charge in [0.15, 0.2) is 0 Å². The van der Waals surface area contributed by atoms with Crippen LogP contribution in [0.2, 0.25) is 0 Å². The minimum absolute atomic E-state index is 0.288. The second-order valence-corrected chi connectivity index (χ2v) is 11.1. The van der Waals surface area contributed by atoms with E-state index in [0.717, 1.165) is 46.2 Å². The molecule has 0 saturated carbocycles.